The minimum Gasteiger partial charge on any atom is -0.368 e. The zero-order valence-corrected chi connectivity index (χ0v) is 20.0. The first-order valence-electron chi connectivity index (χ1n) is 10.8. The molecular weight excluding hydrogens is 458 g/mol. The highest BCUT2D eigenvalue weighted by Gasteiger charge is 2.29. The summed E-state index contributed by atoms with van der Waals surface area (Å²) in [6, 6.07) is 12.9. The van der Waals surface area contributed by atoms with E-state index in [0.717, 1.165) is 31.4 Å². The molecule has 3 N–H and O–H groups in total. The lowest BCUT2D eigenvalue weighted by atomic mass is 9.96. The smallest absolute Gasteiger partial charge is 0.244 e. The third-order valence-corrected chi connectivity index (χ3v) is 8.39. The third-order valence-electron chi connectivity index (χ3n) is 5.55. The highest BCUT2D eigenvalue weighted by Crippen LogP contribution is 2.27. The largest absolute Gasteiger partial charge is 0.368 e. The van der Waals surface area contributed by atoms with Gasteiger partial charge in [0.2, 0.25) is 21.9 Å². The molecule has 0 atom stereocenters. The molecule has 0 radical (unpaired) electrons. The maximum absolute atomic E-state index is 13.0. The number of nitrogens with zero attached hydrogens (tertiary/aromatic N) is 5. The average molecular weight is 486 g/mol. The first kappa shape index (κ1) is 23.4. The van der Waals surface area contributed by atoms with Gasteiger partial charge in [0.25, 0.3) is 0 Å². The van der Waals surface area contributed by atoms with E-state index in [1.54, 1.807) is 19.2 Å². The number of hydrogen-bond donors (Lipinski definition) is 2. The second-order valence-corrected chi connectivity index (χ2v) is 10.9. The van der Waals surface area contributed by atoms with Gasteiger partial charge in [0.1, 0.15) is 10.7 Å². The van der Waals surface area contributed by atoms with Gasteiger partial charge in [-0.05, 0) is 37.1 Å². The molecule has 1 fully saturated rings. The molecule has 1 aromatic carbocycles. The summed E-state index contributed by atoms with van der Waals surface area (Å²) in [5.74, 6) is 1.40. The van der Waals surface area contributed by atoms with Gasteiger partial charge in [0, 0.05) is 25.0 Å². The number of sulfonamides is 1. The number of nitrogens with one attached hydrogen (secondary N) is 1. The molecule has 11 heteroatoms. The van der Waals surface area contributed by atoms with Crippen molar-refractivity contribution < 1.29 is 8.42 Å². The number of benzene rings is 1. The van der Waals surface area contributed by atoms with Crippen LogP contribution in [0.25, 0.3) is 0 Å². The topological polar surface area (TPSA) is 127 Å². The lowest BCUT2D eigenvalue weighted by molar-refractivity contribution is 0.285. The van der Waals surface area contributed by atoms with E-state index in [0.29, 0.717) is 22.6 Å². The SMILES string of the molecule is CN(C1CCCCC1)S(=O)(=O)c1ccc(SCc2nc(N)nc(Nc3ccccc3)n2)nc1. The quantitative estimate of drug-likeness (QED) is 0.457. The van der Waals surface area contributed by atoms with Crippen LogP contribution >= 0.6 is 11.8 Å². The van der Waals surface area contributed by atoms with E-state index in [2.05, 4.69) is 25.3 Å². The van der Waals surface area contributed by atoms with Crippen LogP contribution in [-0.4, -0.2) is 45.7 Å². The third kappa shape index (κ3) is 5.98. The van der Waals surface area contributed by atoms with Crippen LogP contribution < -0.4 is 11.1 Å². The van der Waals surface area contributed by atoms with Gasteiger partial charge in [-0.25, -0.2) is 13.4 Å². The highest BCUT2D eigenvalue weighted by atomic mass is 32.2. The van der Waals surface area contributed by atoms with Gasteiger partial charge in [0.15, 0.2) is 0 Å². The number of thioether (sulfide) groups is 1. The Kier molecular flexibility index (Phi) is 7.41. The fraction of sp³-hybridized carbons (Fsp3) is 0.364. The van der Waals surface area contributed by atoms with Crippen molar-refractivity contribution in [3.05, 3.63) is 54.5 Å². The number of pyridine rings is 1. The summed E-state index contributed by atoms with van der Waals surface area (Å²) >= 11 is 1.40. The molecule has 0 spiro atoms. The summed E-state index contributed by atoms with van der Waals surface area (Å²) in [4.78, 5) is 17.3. The van der Waals surface area contributed by atoms with Crippen molar-refractivity contribution in [2.45, 2.75) is 53.8 Å². The van der Waals surface area contributed by atoms with E-state index in [9.17, 15) is 8.42 Å². The zero-order valence-electron chi connectivity index (χ0n) is 18.4. The van der Waals surface area contributed by atoms with E-state index in [1.165, 1.54) is 28.7 Å². The standard InChI is InChI=1S/C22H27N7O2S2/c1-29(17-10-6-3-7-11-17)33(30,31)18-12-13-20(24-14-18)32-15-19-26-21(23)28-22(27-19)25-16-8-4-2-5-9-16/h2,4-5,8-9,12-14,17H,3,6-7,10-11,15H2,1H3,(H3,23,25,26,27,28). The van der Waals surface area contributed by atoms with Crippen LogP contribution in [-0.2, 0) is 15.8 Å². The molecule has 0 saturated heterocycles. The average Bonchev–Trinajstić information content (AvgIpc) is 2.83. The number of rotatable bonds is 8. The van der Waals surface area contributed by atoms with E-state index < -0.39 is 10.0 Å². The minimum absolute atomic E-state index is 0.0609. The Labute approximate surface area is 198 Å². The molecule has 2 aromatic heterocycles. The fourth-order valence-electron chi connectivity index (χ4n) is 3.76. The van der Waals surface area contributed by atoms with Crippen LogP contribution in [0.15, 0.2) is 58.6 Å². The lowest BCUT2D eigenvalue weighted by Crippen LogP contribution is -2.38. The van der Waals surface area contributed by atoms with Crippen LogP contribution in [0.4, 0.5) is 17.6 Å². The molecule has 0 amide bonds. The molecule has 0 aliphatic heterocycles. The zero-order chi connectivity index (χ0) is 23.3. The second-order valence-electron chi connectivity index (χ2n) is 7.86. The fourth-order valence-corrected chi connectivity index (χ4v) is 5.82. The summed E-state index contributed by atoms with van der Waals surface area (Å²) in [5.41, 5.74) is 6.69. The maximum Gasteiger partial charge on any atom is 0.244 e. The predicted molar refractivity (Wildman–Crippen MR) is 130 cm³/mol. The van der Waals surface area contributed by atoms with E-state index in [4.69, 9.17) is 5.73 Å². The summed E-state index contributed by atoms with van der Waals surface area (Å²) in [6.45, 7) is 0. The minimum atomic E-state index is -3.56. The molecule has 0 unspecified atom stereocenters. The Morgan fingerprint density at radius 1 is 1.06 bits per heavy atom. The van der Waals surface area contributed by atoms with Crippen molar-refractivity contribution in [3.8, 4) is 0 Å². The molecule has 0 bridgehead atoms. The van der Waals surface area contributed by atoms with E-state index in [-0.39, 0.29) is 16.9 Å². The first-order valence-corrected chi connectivity index (χ1v) is 13.2. The predicted octanol–water partition coefficient (Wildman–Crippen LogP) is 3.84. The monoisotopic (exact) mass is 485 g/mol. The van der Waals surface area contributed by atoms with Crippen molar-refractivity contribution in [2.75, 3.05) is 18.1 Å². The molecule has 33 heavy (non-hydrogen) atoms. The van der Waals surface area contributed by atoms with Gasteiger partial charge in [-0.1, -0.05) is 49.2 Å². The second kappa shape index (κ2) is 10.4. The lowest BCUT2D eigenvalue weighted by Gasteiger charge is -2.30. The molecule has 3 aromatic rings. The summed E-state index contributed by atoms with van der Waals surface area (Å²) < 4.78 is 27.5. The van der Waals surface area contributed by atoms with Crippen LogP contribution in [0.5, 0.6) is 0 Å². The normalized spacial score (nSPS) is 15.0. The summed E-state index contributed by atoms with van der Waals surface area (Å²) in [6.07, 6.45) is 6.56. The van der Waals surface area contributed by atoms with Crippen molar-refractivity contribution in [2.24, 2.45) is 0 Å². The molecule has 174 valence electrons. The molecule has 1 saturated carbocycles. The van der Waals surface area contributed by atoms with Gasteiger partial charge in [-0.2, -0.15) is 19.3 Å². The van der Waals surface area contributed by atoms with Crippen LogP contribution in [0.1, 0.15) is 37.9 Å². The Morgan fingerprint density at radius 3 is 2.52 bits per heavy atom. The Morgan fingerprint density at radius 2 is 1.82 bits per heavy atom. The van der Waals surface area contributed by atoms with Gasteiger partial charge in [0.05, 0.1) is 10.8 Å². The van der Waals surface area contributed by atoms with Crippen molar-refractivity contribution in [1.82, 2.24) is 24.2 Å². The maximum atomic E-state index is 13.0. The number of para-hydroxylation sites is 1. The number of aromatic nitrogens is 4. The Balaban J connectivity index is 1.40. The van der Waals surface area contributed by atoms with E-state index in [1.807, 2.05) is 30.3 Å². The van der Waals surface area contributed by atoms with Crippen LogP contribution in [0.3, 0.4) is 0 Å². The van der Waals surface area contributed by atoms with Crippen LogP contribution in [0.2, 0.25) is 0 Å². The molecule has 1 aliphatic rings. The van der Waals surface area contributed by atoms with Crippen LogP contribution in [0, 0.1) is 0 Å². The van der Waals surface area contributed by atoms with Gasteiger partial charge in [-0.15, -0.1) is 0 Å². The number of anilines is 3. The van der Waals surface area contributed by atoms with E-state index >= 15 is 0 Å². The molecular formula is C22H27N7O2S2. The highest BCUT2D eigenvalue weighted by molar-refractivity contribution is 7.98. The number of nitrogen functional groups attached to an aromatic ring is 1. The Bertz CT molecular complexity index is 1170. The van der Waals surface area contributed by atoms with Crippen molar-refractivity contribution >= 4 is 39.4 Å². The molecule has 2 heterocycles. The molecule has 9 nitrogen and oxygen atoms in total. The molecule has 1 aliphatic carbocycles. The first-order chi connectivity index (χ1) is 15.9. The van der Waals surface area contributed by atoms with Gasteiger partial charge < -0.3 is 11.1 Å². The Hall–Kier alpha value is -2.76. The number of hydrogen-bond acceptors (Lipinski definition) is 9. The van der Waals surface area contributed by atoms with Gasteiger partial charge in [-0.3, -0.25) is 0 Å². The van der Waals surface area contributed by atoms with Crippen molar-refractivity contribution in [1.29, 1.82) is 0 Å². The summed E-state index contributed by atoms with van der Waals surface area (Å²) in [7, 11) is -1.89. The van der Waals surface area contributed by atoms with Crippen molar-refractivity contribution in [3.63, 3.8) is 0 Å². The summed E-state index contributed by atoms with van der Waals surface area (Å²) in [5, 5.41) is 3.78. The number of nitrogens with two attached hydrogens (primary N) is 1. The molecule has 4 rings (SSSR count). The van der Waals surface area contributed by atoms with Gasteiger partial charge >= 0.3 is 0 Å².